The lowest BCUT2D eigenvalue weighted by Gasteiger charge is -2.26. The van der Waals surface area contributed by atoms with Crippen LogP contribution in [-0.2, 0) is 6.54 Å². The Balaban J connectivity index is 1.59. The van der Waals surface area contributed by atoms with Crippen LogP contribution in [0.4, 0.5) is 5.82 Å². The largest absolute Gasteiger partial charge is 0.365 e. The van der Waals surface area contributed by atoms with E-state index in [-0.39, 0.29) is 5.91 Å². The maximum atomic E-state index is 12.3. The number of nitrogens with one attached hydrogen (secondary N) is 1. The normalized spacial score (nSPS) is 14.6. The van der Waals surface area contributed by atoms with Crippen LogP contribution in [0.1, 0.15) is 35.3 Å². The standard InChI is InChI=1S/C16H19N5O/c22-16(21-7-2-1-3-8-21)14-11-20-15(12-18-14)19-10-13-5-4-6-17-9-13/h4-6,9,11-12H,1-3,7-8,10H2,(H,19,20). The van der Waals surface area contributed by atoms with Crippen molar-refractivity contribution in [3.63, 3.8) is 0 Å². The van der Waals surface area contributed by atoms with Gasteiger partial charge in [-0.25, -0.2) is 9.97 Å². The molecular formula is C16H19N5O. The molecule has 6 heteroatoms. The summed E-state index contributed by atoms with van der Waals surface area (Å²) in [5.41, 5.74) is 1.48. The van der Waals surface area contributed by atoms with Crippen LogP contribution >= 0.6 is 0 Å². The third-order valence-corrected chi connectivity index (χ3v) is 3.71. The maximum absolute atomic E-state index is 12.3. The summed E-state index contributed by atoms with van der Waals surface area (Å²) in [6, 6.07) is 3.88. The number of anilines is 1. The first-order chi connectivity index (χ1) is 10.8. The van der Waals surface area contributed by atoms with Crippen LogP contribution in [-0.4, -0.2) is 38.8 Å². The zero-order valence-corrected chi connectivity index (χ0v) is 12.4. The lowest BCUT2D eigenvalue weighted by atomic mass is 10.1. The molecule has 6 nitrogen and oxygen atoms in total. The molecule has 3 rings (SSSR count). The smallest absolute Gasteiger partial charge is 0.274 e. The van der Waals surface area contributed by atoms with Gasteiger partial charge in [0.25, 0.3) is 5.91 Å². The van der Waals surface area contributed by atoms with Gasteiger partial charge in [0.15, 0.2) is 0 Å². The highest BCUT2D eigenvalue weighted by molar-refractivity contribution is 5.92. The minimum absolute atomic E-state index is 0.0222. The Bertz CT molecular complexity index is 608. The van der Waals surface area contributed by atoms with E-state index in [1.165, 1.54) is 6.42 Å². The average molecular weight is 297 g/mol. The lowest BCUT2D eigenvalue weighted by Crippen LogP contribution is -2.36. The van der Waals surface area contributed by atoms with Crippen molar-refractivity contribution in [1.29, 1.82) is 0 Å². The second kappa shape index (κ2) is 6.98. The van der Waals surface area contributed by atoms with Gasteiger partial charge in [0.2, 0.25) is 0 Å². The zero-order valence-electron chi connectivity index (χ0n) is 12.4. The van der Waals surface area contributed by atoms with Gasteiger partial charge in [-0.15, -0.1) is 0 Å². The van der Waals surface area contributed by atoms with E-state index >= 15 is 0 Å². The summed E-state index contributed by atoms with van der Waals surface area (Å²) < 4.78 is 0. The molecule has 0 saturated carbocycles. The molecule has 2 aromatic rings. The number of nitrogens with zero attached hydrogens (tertiary/aromatic N) is 4. The topological polar surface area (TPSA) is 71.0 Å². The van der Waals surface area contributed by atoms with Crippen molar-refractivity contribution in [2.45, 2.75) is 25.8 Å². The van der Waals surface area contributed by atoms with Crippen LogP contribution < -0.4 is 5.32 Å². The molecule has 0 bridgehead atoms. The number of pyridine rings is 1. The lowest BCUT2D eigenvalue weighted by molar-refractivity contribution is 0.0718. The fraction of sp³-hybridized carbons (Fsp3) is 0.375. The Morgan fingerprint density at radius 2 is 2.00 bits per heavy atom. The number of likely N-dealkylation sites (tertiary alicyclic amines) is 1. The van der Waals surface area contributed by atoms with Gasteiger partial charge in [0.1, 0.15) is 11.5 Å². The molecule has 22 heavy (non-hydrogen) atoms. The molecule has 1 aliphatic heterocycles. The second-order valence-electron chi connectivity index (χ2n) is 5.35. The van der Waals surface area contributed by atoms with E-state index in [1.807, 2.05) is 17.0 Å². The van der Waals surface area contributed by atoms with Gasteiger partial charge >= 0.3 is 0 Å². The SMILES string of the molecule is O=C(c1cnc(NCc2cccnc2)cn1)N1CCCCC1. The highest BCUT2D eigenvalue weighted by Crippen LogP contribution is 2.12. The van der Waals surface area contributed by atoms with E-state index in [9.17, 15) is 4.79 Å². The fourth-order valence-corrected chi connectivity index (χ4v) is 2.48. The number of carbonyl (C=O) groups excluding carboxylic acids is 1. The first-order valence-corrected chi connectivity index (χ1v) is 7.57. The molecule has 1 amide bonds. The molecule has 0 unspecified atom stereocenters. The first kappa shape index (κ1) is 14.4. The van der Waals surface area contributed by atoms with E-state index in [0.717, 1.165) is 31.5 Å². The minimum atomic E-state index is -0.0222. The van der Waals surface area contributed by atoms with Gasteiger partial charge in [0.05, 0.1) is 12.4 Å². The molecule has 1 saturated heterocycles. The highest BCUT2D eigenvalue weighted by atomic mass is 16.2. The Kier molecular flexibility index (Phi) is 4.58. The molecule has 114 valence electrons. The maximum Gasteiger partial charge on any atom is 0.274 e. The van der Waals surface area contributed by atoms with Gasteiger partial charge < -0.3 is 10.2 Å². The highest BCUT2D eigenvalue weighted by Gasteiger charge is 2.19. The molecule has 1 fully saturated rings. The summed E-state index contributed by atoms with van der Waals surface area (Å²) >= 11 is 0. The van der Waals surface area contributed by atoms with E-state index in [0.29, 0.717) is 18.1 Å². The van der Waals surface area contributed by atoms with E-state index < -0.39 is 0 Å². The summed E-state index contributed by atoms with van der Waals surface area (Å²) in [5.74, 6) is 0.630. The van der Waals surface area contributed by atoms with Crippen LogP contribution in [0.3, 0.4) is 0 Å². The van der Waals surface area contributed by atoms with Gasteiger partial charge in [0, 0.05) is 32.0 Å². The number of hydrogen-bond donors (Lipinski definition) is 1. The molecule has 1 aliphatic rings. The summed E-state index contributed by atoms with van der Waals surface area (Å²) in [7, 11) is 0. The number of rotatable bonds is 4. The van der Waals surface area contributed by atoms with Gasteiger partial charge in [-0.1, -0.05) is 6.07 Å². The summed E-state index contributed by atoms with van der Waals surface area (Å²) in [4.78, 5) is 26.7. The summed E-state index contributed by atoms with van der Waals surface area (Å²) in [6.45, 7) is 2.27. The molecule has 0 radical (unpaired) electrons. The minimum Gasteiger partial charge on any atom is -0.365 e. The molecule has 0 aromatic carbocycles. The molecule has 3 heterocycles. The van der Waals surface area contributed by atoms with Crippen molar-refractivity contribution in [2.75, 3.05) is 18.4 Å². The second-order valence-corrected chi connectivity index (χ2v) is 5.35. The Morgan fingerprint density at radius 1 is 1.14 bits per heavy atom. The van der Waals surface area contributed by atoms with Gasteiger partial charge in [-0.2, -0.15) is 0 Å². The molecule has 2 aromatic heterocycles. The summed E-state index contributed by atoms with van der Waals surface area (Å²) in [5, 5.41) is 3.17. The van der Waals surface area contributed by atoms with Crippen LogP contribution in [0.25, 0.3) is 0 Å². The van der Waals surface area contributed by atoms with Crippen molar-refractivity contribution in [3.05, 3.63) is 48.2 Å². The Hall–Kier alpha value is -2.50. The quantitative estimate of drug-likeness (QED) is 0.936. The van der Waals surface area contributed by atoms with E-state index in [4.69, 9.17) is 0 Å². The molecular weight excluding hydrogens is 278 g/mol. The Morgan fingerprint density at radius 3 is 2.68 bits per heavy atom. The summed E-state index contributed by atoms with van der Waals surface area (Å²) in [6.07, 6.45) is 10.0. The third-order valence-electron chi connectivity index (χ3n) is 3.71. The number of piperidine rings is 1. The zero-order chi connectivity index (χ0) is 15.2. The van der Waals surface area contributed by atoms with Crippen molar-refractivity contribution in [1.82, 2.24) is 19.9 Å². The van der Waals surface area contributed by atoms with E-state index in [1.54, 1.807) is 24.8 Å². The fourth-order valence-electron chi connectivity index (χ4n) is 2.48. The number of carbonyl (C=O) groups is 1. The van der Waals surface area contributed by atoms with E-state index in [2.05, 4.69) is 20.3 Å². The van der Waals surface area contributed by atoms with Crippen LogP contribution in [0.5, 0.6) is 0 Å². The van der Waals surface area contributed by atoms with Crippen LogP contribution in [0.15, 0.2) is 36.9 Å². The number of amides is 1. The van der Waals surface area contributed by atoms with Crippen LogP contribution in [0.2, 0.25) is 0 Å². The van der Waals surface area contributed by atoms with Crippen molar-refractivity contribution >= 4 is 11.7 Å². The molecule has 1 N–H and O–H groups in total. The monoisotopic (exact) mass is 297 g/mol. The predicted octanol–water partition coefficient (Wildman–Crippen LogP) is 2.11. The first-order valence-electron chi connectivity index (χ1n) is 7.57. The molecule has 0 aliphatic carbocycles. The number of aromatic nitrogens is 3. The predicted molar refractivity (Wildman–Crippen MR) is 83.4 cm³/mol. The van der Waals surface area contributed by atoms with Crippen molar-refractivity contribution < 1.29 is 4.79 Å². The van der Waals surface area contributed by atoms with Crippen molar-refractivity contribution in [2.24, 2.45) is 0 Å². The van der Waals surface area contributed by atoms with Crippen LogP contribution in [0, 0.1) is 0 Å². The average Bonchev–Trinajstić information content (AvgIpc) is 2.61. The molecule has 0 atom stereocenters. The third kappa shape index (κ3) is 3.58. The number of hydrogen-bond acceptors (Lipinski definition) is 5. The molecule has 0 spiro atoms. The van der Waals surface area contributed by atoms with Gasteiger partial charge in [-0.3, -0.25) is 9.78 Å². The van der Waals surface area contributed by atoms with Gasteiger partial charge in [-0.05, 0) is 30.9 Å². The Labute approximate surface area is 129 Å². The van der Waals surface area contributed by atoms with Crippen molar-refractivity contribution in [3.8, 4) is 0 Å².